The second kappa shape index (κ2) is 3.76. The molecular weight excluding hydrogens is 196 g/mol. The van der Waals surface area contributed by atoms with Gasteiger partial charge in [0.15, 0.2) is 17.3 Å². The number of aromatic nitrogens is 1. The van der Waals surface area contributed by atoms with Crippen LogP contribution in [0.25, 0.3) is 0 Å². The fraction of sp³-hybridized carbons (Fsp3) is 0.400. The molecule has 0 spiro atoms. The number of pyridine rings is 1. The van der Waals surface area contributed by atoms with Crippen molar-refractivity contribution >= 4 is 11.8 Å². The predicted molar refractivity (Wildman–Crippen MR) is 54.6 cm³/mol. The third-order valence-electron chi connectivity index (χ3n) is 2.36. The zero-order valence-corrected chi connectivity index (χ0v) is 8.43. The van der Waals surface area contributed by atoms with E-state index in [1.165, 1.54) is 6.07 Å². The quantitative estimate of drug-likeness (QED) is 0.785. The molecule has 0 atom stereocenters. The molecule has 1 aromatic rings. The number of carbonyl (C=O) groups is 1. The minimum Gasteiger partial charge on any atom is -0.488 e. The van der Waals surface area contributed by atoms with Gasteiger partial charge in [0.25, 0.3) is 0 Å². The van der Waals surface area contributed by atoms with Crippen molar-refractivity contribution in [3.05, 3.63) is 17.8 Å². The first-order valence-corrected chi connectivity index (χ1v) is 4.84. The molecule has 0 radical (unpaired) electrons. The molecule has 5 nitrogen and oxygen atoms in total. The minimum atomic E-state index is -1.01. The number of ether oxygens (including phenoxy) is 1. The average Bonchev–Trinajstić information content (AvgIpc) is 2.27. The molecule has 2 heterocycles. The van der Waals surface area contributed by atoms with Crippen molar-refractivity contribution in [3.8, 4) is 5.75 Å². The summed E-state index contributed by atoms with van der Waals surface area (Å²) in [5, 5.41) is 8.82. The molecule has 5 heteroatoms. The monoisotopic (exact) mass is 208 g/mol. The number of nitrogens with zero attached hydrogens (tertiary/aromatic N) is 2. The first-order chi connectivity index (χ1) is 7.22. The van der Waals surface area contributed by atoms with Crippen LogP contribution in [0.3, 0.4) is 0 Å². The zero-order valence-electron chi connectivity index (χ0n) is 8.43. The topological polar surface area (TPSA) is 62.7 Å². The van der Waals surface area contributed by atoms with Crippen molar-refractivity contribution in [2.24, 2.45) is 0 Å². The molecule has 0 bridgehead atoms. The first-order valence-electron chi connectivity index (χ1n) is 4.84. The van der Waals surface area contributed by atoms with Crippen LogP contribution < -0.4 is 9.64 Å². The largest absolute Gasteiger partial charge is 0.488 e. The van der Waals surface area contributed by atoms with Gasteiger partial charge in [0.05, 0.1) is 6.54 Å². The molecule has 1 aliphatic heterocycles. The zero-order chi connectivity index (χ0) is 10.8. The van der Waals surface area contributed by atoms with Crippen LogP contribution in [0.2, 0.25) is 0 Å². The SMILES string of the molecule is CCN1CCOc2ccc(C(=O)O)nc21. The van der Waals surface area contributed by atoms with Crippen LogP contribution >= 0.6 is 0 Å². The molecule has 0 amide bonds. The smallest absolute Gasteiger partial charge is 0.354 e. The highest BCUT2D eigenvalue weighted by atomic mass is 16.5. The van der Waals surface area contributed by atoms with E-state index in [4.69, 9.17) is 9.84 Å². The Labute approximate surface area is 87.3 Å². The average molecular weight is 208 g/mol. The second-order valence-electron chi connectivity index (χ2n) is 3.25. The summed E-state index contributed by atoms with van der Waals surface area (Å²) in [5.41, 5.74) is 0.0534. The van der Waals surface area contributed by atoms with Crippen LogP contribution in [-0.4, -0.2) is 35.8 Å². The summed E-state index contributed by atoms with van der Waals surface area (Å²) in [5.74, 6) is 0.274. The van der Waals surface area contributed by atoms with E-state index in [0.717, 1.165) is 13.1 Å². The molecular formula is C10H12N2O3. The number of carboxylic acid groups (broad SMARTS) is 1. The Kier molecular flexibility index (Phi) is 2.45. The first kappa shape index (κ1) is 9.76. The summed E-state index contributed by atoms with van der Waals surface area (Å²) in [4.78, 5) is 16.8. The van der Waals surface area contributed by atoms with E-state index in [0.29, 0.717) is 18.2 Å². The number of rotatable bonds is 2. The van der Waals surface area contributed by atoms with Crippen molar-refractivity contribution in [2.75, 3.05) is 24.6 Å². The van der Waals surface area contributed by atoms with Crippen molar-refractivity contribution in [2.45, 2.75) is 6.92 Å². The molecule has 2 rings (SSSR count). The van der Waals surface area contributed by atoms with Crippen molar-refractivity contribution in [1.82, 2.24) is 4.98 Å². The van der Waals surface area contributed by atoms with Gasteiger partial charge in [-0.05, 0) is 19.1 Å². The van der Waals surface area contributed by atoms with E-state index in [9.17, 15) is 4.79 Å². The Morgan fingerprint density at radius 1 is 1.67 bits per heavy atom. The lowest BCUT2D eigenvalue weighted by Crippen LogP contribution is -2.33. The van der Waals surface area contributed by atoms with Crippen LogP contribution in [-0.2, 0) is 0 Å². The highest BCUT2D eigenvalue weighted by Gasteiger charge is 2.20. The minimum absolute atomic E-state index is 0.0534. The highest BCUT2D eigenvalue weighted by molar-refractivity contribution is 5.86. The number of likely N-dealkylation sites (N-methyl/N-ethyl adjacent to an activating group) is 1. The van der Waals surface area contributed by atoms with E-state index in [1.54, 1.807) is 6.07 Å². The summed E-state index contributed by atoms with van der Waals surface area (Å²) in [6.45, 7) is 4.17. The fourth-order valence-electron chi connectivity index (χ4n) is 1.57. The molecule has 1 aliphatic rings. The Morgan fingerprint density at radius 2 is 2.47 bits per heavy atom. The van der Waals surface area contributed by atoms with Gasteiger partial charge in [0.1, 0.15) is 6.61 Å². The maximum atomic E-state index is 10.8. The van der Waals surface area contributed by atoms with Gasteiger partial charge in [-0.1, -0.05) is 0 Å². The van der Waals surface area contributed by atoms with E-state index >= 15 is 0 Å². The summed E-state index contributed by atoms with van der Waals surface area (Å²) < 4.78 is 5.39. The number of hydrogen-bond acceptors (Lipinski definition) is 4. The molecule has 15 heavy (non-hydrogen) atoms. The molecule has 0 aromatic carbocycles. The van der Waals surface area contributed by atoms with E-state index in [-0.39, 0.29) is 5.69 Å². The van der Waals surface area contributed by atoms with Gasteiger partial charge in [-0.25, -0.2) is 9.78 Å². The fourth-order valence-corrected chi connectivity index (χ4v) is 1.57. The summed E-state index contributed by atoms with van der Waals surface area (Å²) >= 11 is 0. The summed E-state index contributed by atoms with van der Waals surface area (Å²) in [7, 11) is 0. The summed E-state index contributed by atoms with van der Waals surface area (Å²) in [6, 6.07) is 3.12. The van der Waals surface area contributed by atoms with Crippen molar-refractivity contribution in [1.29, 1.82) is 0 Å². The predicted octanol–water partition coefficient (Wildman–Crippen LogP) is 0.998. The number of carboxylic acids is 1. The molecule has 1 N–H and O–H groups in total. The van der Waals surface area contributed by atoms with E-state index in [2.05, 4.69) is 4.98 Å². The lowest BCUT2D eigenvalue weighted by molar-refractivity contribution is 0.0690. The molecule has 1 aromatic heterocycles. The van der Waals surface area contributed by atoms with Gasteiger partial charge < -0.3 is 14.7 Å². The molecule has 0 aliphatic carbocycles. The van der Waals surface area contributed by atoms with Crippen LogP contribution in [0.5, 0.6) is 5.75 Å². The van der Waals surface area contributed by atoms with Gasteiger partial charge in [-0.15, -0.1) is 0 Å². The van der Waals surface area contributed by atoms with Crippen molar-refractivity contribution in [3.63, 3.8) is 0 Å². The van der Waals surface area contributed by atoms with Crippen molar-refractivity contribution < 1.29 is 14.6 Å². The van der Waals surface area contributed by atoms with E-state index < -0.39 is 5.97 Å². The standard InChI is InChI=1S/C10H12N2O3/c1-2-12-5-6-15-8-4-3-7(10(13)14)11-9(8)12/h3-4H,2,5-6H2,1H3,(H,13,14). The number of fused-ring (bicyclic) bond motifs is 1. The highest BCUT2D eigenvalue weighted by Crippen LogP contribution is 2.29. The Morgan fingerprint density at radius 3 is 3.13 bits per heavy atom. The normalized spacial score (nSPS) is 14.3. The van der Waals surface area contributed by atoms with Gasteiger partial charge in [0.2, 0.25) is 0 Å². The molecule has 0 fully saturated rings. The van der Waals surface area contributed by atoms with Gasteiger partial charge >= 0.3 is 5.97 Å². The number of hydrogen-bond donors (Lipinski definition) is 1. The van der Waals surface area contributed by atoms with Gasteiger partial charge in [-0.3, -0.25) is 0 Å². The third kappa shape index (κ3) is 1.72. The van der Waals surface area contributed by atoms with Crippen LogP contribution in [0.4, 0.5) is 5.82 Å². The lowest BCUT2D eigenvalue weighted by Gasteiger charge is -2.28. The maximum Gasteiger partial charge on any atom is 0.354 e. The molecule has 0 unspecified atom stereocenters. The second-order valence-corrected chi connectivity index (χ2v) is 3.25. The molecule has 80 valence electrons. The third-order valence-corrected chi connectivity index (χ3v) is 2.36. The van der Waals surface area contributed by atoms with Gasteiger partial charge in [0, 0.05) is 6.54 Å². The Bertz CT molecular complexity index is 392. The molecule has 0 saturated carbocycles. The number of anilines is 1. The maximum absolute atomic E-state index is 10.8. The molecule has 0 saturated heterocycles. The van der Waals surface area contributed by atoms with Gasteiger partial charge in [-0.2, -0.15) is 0 Å². The Hall–Kier alpha value is -1.78. The lowest BCUT2D eigenvalue weighted by atomic mass is 10.3. The summed E-state index contributed by atoms with van der Waals surface area (Å²) in [6.07, 6.45) is 0. The van der Waals surface area contributed by atoms with Crippen LogP contribution in [0.15, 0.2) is 12.1 Å². The Balaban J connectivity index is 2.43. The van der Waals surface area contributed by atoms with Crippen LogP contribution in [0, 0.1) is 0 Å². The van der Waals surface area contributed by atoms with E-state index in [1.807, 2.05) is 11.8 Å². The van der Waals surface area contributed by atoms with Crippen LogP contribution in [0.1, 0.15) is 17.4 Å². The number of aromatic carboxylic acids is 1.